The molecule has 21 heavy (non-hydrogen) atoms. The molecule has 7 heteroatoms. The fourth-order valence-electron chi connectivity index (χ4n) is 1.79. The fraction of sp³-hybridized carbons (Fsp3) is 0.143. The summed E-state index contributed by atoms with van der Waals surface area (Å²) in [7, 11) is -4.00. The van der Waals surface area contributed by atoms with Crippen LogP contribution < -0.4 is 4.72 Å². The minimum Gasteiger partial charge on any atom is -0.211 e. The van der Waals surface area contributed by atoms with Crippen LogP contribution in [0.3, 0.4) is 0 Å². The van der Waals surface area contributed by atoms with Gasteiger partial charge in [0.15, 0.2) is 0 Å². The molecular formula is C14H12ClF2NO2S. The summed E-state index contributed by atoms with van der Waals surface area (Å²) in [4.78, 5) is -0.486. The van der Waals surface area contributed by atoms with Gasteiger partial charge in [0.05, 0.1) is 0 Å². The van der Waals surface area contributed by atoms with Gasteiger partial charge in [0, 0.05) is 11.6 Å². The second-order valence-corrected chi connectivity index (χ2v) is 6.49. The molecule has 0 aliphatic heterocycles. The minimum atomic E-state index is -4.00. The summed E-state index contributed by atoms with van der Waals surface area (Å²) in [6.07, 6.45) is 0.168. The molecule has 2 rings (SSSR count). The summed E-state index contributed by atoms with van der Waals surface area (Å²) in [6, 6.07) is 9.36. The van der Waals surface area contributed by atoms with Crippen LogP contribution in [0, 0.1) is 11.6 Å². The highest BCUT2D eigenvalue weighted by Gasteiger charge is 2.18. The lowest BCUT2D eigenvalue weighted by Gasteiger charge is -2.08. The Morgan fingerprint density at radius 2 is 1.76 bits per heavy atom. The van der Waals surface area contributed by atoms with Gasteiger partial charge in [-0.2, -0.15) is 0 Å². The van der Waals surface area contributed by atoms with Crippen LogP contribution in [0.4, 0.5) is 8.78 Å². The Hall–Kier alpha value is -1.50. The molecule has 0 amide bonds. The Balaban J connectivity index is 2.07. The highest BCUT2D eigenvalue weighted by atomic mass is 35.5. The lowest BCUT2D eigenvalue weighted by Crippen LogP contribution is -2.27. The molecule has 0 aromatic heterocycles. The van der Waals surface area contributed by atoms with Crippen LogP contribution >= 0.6 is 11.6 Å². The molecule has 2 aromatic carbocycles. The smallest absolute Gasteiger partial charge is 0.211 e. The Morgan fingerprint density at radius 1 is 1.05 bits per heavy atom. The molecule has 0 heterocycles. The predicted molar refractivity (Wildman–Crippen MR) is 76.7 cm³/mol. The maximum absolute atomic E-state index is 13.6. The van der Waals surface area contributed by atoms with Crippen molar-refractivity contribution in [1.29, 1.82) is 0 Å². The zero-order valence-corrected chi connectivity index (χ0v) is 12.4. The number of hydrogen-bond donors (Lipinski definition) is 1. The van der Waals surface area contributed by atoms with Gasteiger partial charge in [-0.05, 0) is 36.2 Å². The standard InChI is InChI=1S/C14H12ClF2NO2S/c15-11-5-6-14(13(17)9-11)21(19,20)18-8-7-10-3-1-2-4-12(10)16/h1-6,9,18H,7-8H2. The van der Waals surface area contributed by atoms with Crippen LogP contribution in [0.25, 0.3) is 0 Å². The predicted octanol–water partition coefficient (Wildman–Crippen LogP) is 3.14. The highest BCUT2D eigenvalue weighted by molar-refractivity contribution is 7.89. The van der Waals surface area contributed by atoms with Crippen molar-refractivity contribution >= 4 is 21.6 Å². The van der Waals surface area contributed by atoms with Crippen molar-refractivity contribution in [3.8, 4) is 0 Å². The van der Waals surface area contributed by atoms with E-state index in [0.717, 1.165) is 12.1 Å². The van der Waals surface area contributed by atoms with E-state index in [1.165, 1.54) is 12.1 Å². The Labute approximate surface area is 126 Å². The second kappa shape index (κ2) is 6.51. The van der Waals surface area contributed by atoms with E-state index in [0.29, 0.717) is 5.56 Å². The van der Waals surface area contributed by atoms with Crippen molar-refractivity contribution in [2.45, 2.75) is 11.3 Å². The van der Waals surface area contributed by atoms with Crippen LogP contribution in [0.2, 0.25) is 5.02 Å². The van der Waals surface area contributed by atoms with E-state index in [4.69, 9.17) is 11.6 Å². The minimum absolute atomic E-state index is 0.0364. The van der Waals surface area contributed by atoms with Gasteiger partial charge >= 0.3 is 0 Å². The first-order valence-corrected chi connectivity index (χ1v) is 7.94. The first kappa shape index (κ1) is 15.9. The van der Waals surface area contributed by atoms with Gasteiger partial charge in [-0.1, -0.05) is 29.8 Å². The molecule has 112 valence electrons. The van der Waals surface area contributed by atoms with Crippen LogP contribution in [-0.2, 0) is 16.4 Å². The normalized spacial score (nSPS) is 11.6. The molecule has 0 fully saturated rings. The first-order valence-electron chi connectivity index (χ1n) is 6.08. The largest absolute Gasteiger partial charge is 0.243 e. The topological polar surface area (TPSA) is 46.2 Å². The molecule has 1 N–H and O–H groups in total. The van der Waals surface area contributed by atoms with Crippen molar-refractivity contribution in [3.63, 3.8) is 0 Å². The average Bonchev–Trinajstić information content (AvgIpc) is 2.40. The highest BCUT2D eigenvalue weighted by Crippen LogP contribution is 2.18. The number of nitrogens with one attached hydrogen (secondary N) is 1. The number of benzene rings is 2. The monoisotopic (exact) mass is 331 g/mol. The van der Waals surface area contributed by atoms with Crippen LogP contribution in [0.15, 0.2) is 47.4 Å². The van der Waals surface area contributed by atoms with E-state index in [-0.39, 0.29) is 18.0 Å². The van der Waals surface area contributed by atoms with Crippen molar-refractivity contribution < 1.29 is 17.2 Å². The molecule has 0 atom stereocenters. The third-order valence-corrected chi connectivity index (χ3v) is 4.56. The molecule has 2 aromatic rings. The third-order valence-electron chi connectivity index (χ3n) is 2.83. The Kier molecular flexibility index (Phi) is 4.92. The summed E-state index contributed by atoms with van der Waals surface area (Å²) in [5.41, 5.74) is 0.386. The molecule has 0 unspecified atom stereocenters. The van der Waals surface area contributed by atoms with Gasteiger partial charge in [-0.15, -0.1) is 0 Å². The SMILES string of the molecule is O=S(=O)(NCCc1ccccc1F)c1ccc(Cl)cc1F. The quantitative estimate of drug-likeness (QED) is 0.915. The van der Waals surface area contributed by atoms with Crippen LogP contribution in [0.5, 0.6) is 0 Å². The summed E-state index contributed by atoms with van der Waals surface area (Å²) in [6.45, 7) is -0.0364. The zero-order chi connectivity index (χ0) is 15.5. The van der Waals surface area contributed by atoms with Crippen LogP contribution in [-0.4, -0.2) is 15.0 Å². The molecule has 0 aliphatic carbocycles. The molecule has 0 spiro atoms. The Morgan fingerprint density at radius 3 is 2.43 bits per heavy atom. The van der Waals surface area contributed by atoms with E-state index in [1.807, 2.05) is 0 Å². The Bertz CT molecular complexity index is 750. The van der Waals surface area contributed by atoms with Crippen molar-refractivity contribution in [2.24, 2.45) is 0 Å². The van der Waals surface area contributed by atoms with Crippen molar-refractivity contribution in [1.82, 2.24) is 4.72 Å². The summed E-state index contributed by atoms with van der Waals surface area (Å²) in [5, 5.41) is 0.109. The van der Waals surface area contributed by atoms with Gasteiger partial charge in [-0.3, -0.25) is 0 Å². The third kappa shape index (κ3) is 4.00. The first-order chi connectivity index (χ1) is 9.90. The molecule has 0 radical (unpaired) electrons. The summed E-state index contributed by atoms with van der Waals surface area (Å²) in [5.74, 6) is -1.34. The van der Waals surface area contributed by atoms with Crippen molar-refractivity contribution in [3.05, 3.63) is 64.7 Å². The van der Waals surface area contributed by atoms with Crippen molar-refractivity contribution in [2.75, 3.05) is 6.54 Å². The fourth-order valence-corrected chi connectivity index (χ4v) is 3.04. The lowest BCUT2D eigenvalue weighted by molar-refractivity contribution is 0.555. The molecular weight excluding hydrogens is 320 g/mol. The molecule has 3 nitrogen and oxygen atoms in total. The van der Waals surface area contributed by atoms with Gasteiger partial charge < -0.3 is 0 Å². The molecule has 0 aliphatic rings. The lowest BCUT2D eigenvalue weighted by atomic mass is 10.1. The molecule has 0 saturated heterocycles. The van der Waals surface area contributed by atoms with E-state index in [1.54, 1.807) is 18.2 Å². The zero-order valence-electron chi connectivity index (χ0n) is 10.8. The maximum Gasteiger partial charge on any atom is 0.243 e. The number of hydrogen-bond acceptors (Lipinski definition) is 2. The average molecular weight is 332 g/mol. The summed E-state index contributed by atoms with van der Waals surface area (Å²) >= 11 is 5.57. The van der Waals surface area contributed by atoms with E-state index in [9.17, 15) is 17.2 Å². The van der Waals surface area contributed by atoms with E-state index < -0.39 is 26.6 Å². The number of rotatable bonds is 5. The maximum atomic E-state index is 13.6. The number of halogens is 3. The molecule has 0 saturated carbocycles. The second-order valence-electron chi connectivity index (χ2n) is 4.31. The van der Waals surface area contributed by atoms with E-state index >= 15 is 0 Å². The number of sulfonamides is 1. The van der Waals surface area contributed by atoms with Crippen LogP contribution in [0.1, 0.15) is 5.56 Å². The van der Waals surface area contributed by atoms with Gasteiger partial charge in [0.1, 0.15) is 16.5 Å². The van der Waals surface area contributed by atoms with Gasteiger partial charge in [0.25, 0.3) is 0 Å². The molecule has 0 bridgehead atoms. The van der Waals surface area contributed by atoms with Gasteiger partial charge in [-0.25, -0.2) is 21.9 Å². The van der Waals surface area contributed by atoms with E-state index in [2.05, 4.69) is 4.72 Å². The van der Waals surface area contributed by atoms with Gasteiger partial charge in [0.2, 0.25) is 10.0 Å². The summed E-state index contributed by atoms with van der Waals surface area (Å²) < 4.78 is 53.1.